The largest absolute Gasteiger partial charge is 0.330 e. The van der Waals surface area contributed by atoms with Gasteiger partial charge in [0, 0.05) is 12.6 Å². The molecule has 2 N–H and O–H groups in total. The lowest BCUT2D eigenvalue weighted by Crippen LogP contribution is -2.02. The molecule has 0 aliphatic rings. The van der Waals surface area contributed by atoms with E-state index >= 15 is 0 Å². The third kappa shape index (κ3) is 2.24. The van der Waals surface area contributed by atoms with E-state index in [1.165, 1.54) is 16.8 Å². The van der Waals surface area contributed by atoms with Crippen LogP contribution in [0.4, 0.5) is 0 Å². The number of imidazole rings is 1. The Balaban J connectivity index is 2.52. The zero-order valence-electron chi connectivity index (χ0n) is 10.7. The minimum atomic E-state index is 0.642. The molecule has 2 aromatic rings. The van der Waals surface area contributed by atoms with Gasteiger partial charge in [-0.1, -0.05) is 18.2 Å². The third-order valence-electron chi connectivity index (χ3n) is 3.01. The van der Waals surface area contributed by atoms with Crippen molar-refractivity contribution in [1.82, 2.24) is 9.55 Å². The molecule has 1 heterocycles. The Morgan fingerprint density at radius 2 is 1.82 bits per heavy atom. The molecule has 0 bridgehead atoms. The van der Waals surface area contributed by atoms with Crippen LogP contribution in [0.25, 0.3) is 5.69 Å². The number of benzene rings is 1. The molecule has 0 aliphatic carbocycles. The number of aromatic nitrogens is 2. The van der Waals surface area contributed by atoms with Crippen molar-refractivity contribution in [2.45, 2.75) is 27.2 Å². The SMILES string of the molecule is Cc1cccc(C)c1-n1cc(CCN)nc1C. The summed E-state index contributed by atoms with van der Waals surface area (Å²) < 4.78 is 2.16. The first-order valence-corrected chi connectivity index (χ1v) is 5.95. The van der Waals surface area contributed by atoms with Gasteiger partial charge >= 0.3 is 0 Å². The summed E-state index contributed by atoms with van der Waals surface area (Å²) in [5.41, 5.74) is 10.4. The first-order chi connectivity index (χ1) is 8.13. The summed E-state index contributed by atoms with van der Waals surface area (Å²) in [6, 6.07) is 6.34. The summed E-state index contributed by atoms with van der Waals surface area (Å²) >= 11 is 0. The van der Waals surface area contributed by atoms with E-state index in [1.807, 2.05) is 6.92 Å². The molecular weight excluding hydrogens is 210 g/mol. The lowest BCUT2D eigenvalue weighted by Gasteiger charge is -2.11. The van der Waals surface area contributed by atoms with Gasteiger partial charge in [0.15, 0.2) is 0 Å². The fraction of sp³-hybridized carbons (Fsp3) is 0.357. The fourth-order valence-electron chi connectivity index (χ4n) is 2.21. The van der Waals surface area contributed by atoms with E-state index in [-0.39, 0.29) is 0 Å². The second-order valence-corrected chi connectivity index (χ2v) is 4.43. The molecule has 0 unspecified atom stereocenters. The van der Waals surface area contributed by atoms with Crippen molar-refractivity contribution in [3.05, 3.63) is 47.0 Å². The van der Waals surface area contributed by atoms with Crippen molar-refractivity contribution in [3.63, 3.8) is 0 Å². The fourth-order valence-corrected chi connectivity index (χ4v) is 2.21. The van der Waals surface area contributed by atoms with Gasteiger partial charge < -0.3 is 10.3 Å². The highest BCUT2D eigenvalue weighted by Crippen LogP contribution is 2.20. The van der Waals surface area contributed by atoms with Gasteiger partial charge in [0.1, 0.15) is 5.82 Å². The van der Waals surface area contributed by atoms with Crippen molar-refractivity contribution >= 4 is 0 Å². The van der Waals surface area contributed by atoms with Crippen LogP contribution < -0.4 is 5.73 Å². The zero-order chi connectivity index (χ0) is 12.4. The molecule has 0 amide bonds. The molecule has 0 spiro atoms. The van der Waals surface area contributed by atoms with Gasteiger partial charge in [-0.15, -0.1) is 0 Å². The first-order valence-electron chi connectivity index (χ1n) is 5.95. The molecule has 2 rings (SSSR count). The van der Waals surface area contributed by atoms with Gasteiger partial charge in [-0.05, 0) is 38.4 Å². The second kappa shape index (κ2) is 4.72. The Bertz CT molecular complexity index is 506. The van der Waals surface area contributed by atoms with Gasteiger partial charge in [-0.2, -0.15) is 0 Å². The molecule has 0 radical (unpaired) electrons. The van der Waals surface area contributed by atoms with Gasteiger partial charge in [-0.3, -0.25) is 0 Å². The molecule has 90 valence electrons. The Labute approximate surface area is 102 Å². The number of hydrogen-bond donors (Lipinski definition) is 1. The third-order valence-corrected chi connectivity index (χ3v) is 3.01. The molecule has 1 aromatic carbocycles. The number of nitrogens with zero attached hydrogens (tertiary/aromatic N) is 2. The van der Waals surface area contributed by atoms with Crippen molar-refractivity contribution in [2.75, 3.05) is 6.54 Å². The summed E-state index contributed by atoms with van der Waals surface area (Å²) in [4.78, 5) is 4.54. The maximum atomic E-state index is 5.57. The van der Waals surface area contributed by atoms with E-state index in [0.717, 1.165) is 17.9 Å². The molecule has 0 aliphatic heterocycles. The quantitative estimate of drug-likeness (QED) is 0.877. The lowest BCUT2D eigenvalue weighted by atomic mass is 10.1. The van der Waals surface area contributed by atoms with Gasteiger partial charge in [-0.25, -0.2) is 4.98 Å². The van der Waals surface area contributed by atoms with Crippen LogP contribution in [0.2, 0.25) is 0 Å². The van der Waals surface area contributed by atoms with Gasteiger partial charge in [0.05, 0.1) is 11.4 Å². The predicted molar refractivity (Wildman–Crippen MR) is 70.5 cm³/mol. The minimum absolute atomic E-state index is 0.642. The van der Waals surface area contributed by atoms with Gasteiger partial charge in [0.25, 0.3) is 0 Å². The van der Waals surface area contributed by atoms with Crippen LogP contribution >= 0.6 is 0 Å². The number of nitrogens with two attached hydrogens (primary N) is 1. The van der Waals surface area contributed by atoms with Crippen LogP contribution in [0.1, 0.15) is 22.6 Å². The Kier molecular flexibility index (Phi) is 3.29. The maximum Gasteiger partial charge on any atom is 0.110 e. The van der Waals surface area contributed by atoms with Crippen molar-refractivity contribution in [1.29, 1.82) is 0 Å². The Morgan fingerprint density at radius 3 is 2.41 bits per heavy atom. The standard InChI is InChI=1S/C14H19N3/c1-10-5-4-6-11(2)14(10)17-9-13(7-8-15)16-12(17)3/h4-6,9H,7-8,15H2,1-3H3. The molecule has 1 aromatic heterocycles. The van der Waals surface area contributed by atoms with Crippen LogP contribution in [0.3, 0.4) is 0 Å². The highest BCUT2D eigenvalue weighted by Gasteiger charge is 2.09. The number of para-hydroxylation sites is 1. The van der Waals surface area contributed by atoms with E-state index in [2.05, 4.69) is 47.8 Å². The Morgan fingerprint density at radius 1 is 1.18 bits per heavy atom. The molecular formula is C14H19N3. The molecule has 0 fully saturated rings. The van der Waals surface area contributed by atoms with Crippen LogP contribution in [-0.4, -0.2) is 16.1 Å². The van der Waals surface area contributed by atoms with Crippen LogP contribution in [0.15, 0.2) is 24.4 Å². The summed E-state index contributed by atoms with van der Waals surface area (Å²) in [6.07, 6.45) is 2.93. The average molecular weight is 229 g/mol. The number of hydrogen-bond acceptors (Lipinski definition) is 2. The van der Waals surface area contributed by atoms with Gasteiger partial charge in [0.2, 0.25) is 0 Å². The summed E-state index contributed by atoms with van der Waals surface area (Å²) in [5, 5.41) is 0. The predicted octanol–water partition coefficient (Wildman–Crippen LogP) is 2.30. The van der Waals surface area contributed by atoms with Crippen LogP contribution in [0.5, 0.6) is 0 Å². The van der Waals surface area contributed by atoms with E-state index < -0.39 is 0 Å². The second-order valence-electron chi connectivity index (χ2n) is 4.43. The zero-order valence-corrected chi connectivity index (χ0v) is 10.7. The number of aryl methyl sites for hydroxylation is 3. The summed E-state index contributed by atoms with van der Waals surface area (Å²) in [6.45, 7) is 6.93. The first kappa shape index (κ1) is 11.9. The van der Waals surface area contributed by atoms with Crippen molar-refractivity contribution in [2.24, 2.45) is 5.73 Å². The topological polar surface area (TPSA) is 43.8 Å². The number of rotatable bonds is 3. The Hall–Kier alpha value is -1.61. The highest BCUT2D eigenvalue weighted by atomic mass is 15.1. The van der Waals surface area contributed by atoms with Crippen molar-refractivity contribution in [3.8, 4) is 5.69 Å². The minimum Gasteiger partial charge on any atom is -0.330 e. The van der Waals surface area contributed by atoms with Crippen LogP contribution in [-0.2, 0) is 6.42 Å². The normalized spacial score (nSPS) is 10.8. The molecule has 0 atom stereocenters. The summed E-state index contributed by atoms with van der Waals surface area (Å²) in [7, 11) is 0. The van der Waals surface area contributed by atoms with E-state index in [1.54, 1.807) is 0 Å². The molecule has 3 nitrogen and oxygen atoms in total. The molecule has 17 heavy (non-hydrogen) atoms. The smallest absolute Gasteiger partial charge is 0.110 e. The van der Waals surface area contributed by atoms with E-state index in [9.17, 15) is 0 Å². The van der Waals surface area contributed by atoms with E-state index in [0.29, 0.717) is 6.54 Å². The molecule has 0 saturated heterocycles. The monoisotopic (exact) mass is 229 g/mol. The highest BCUT2D eigenvalue weighted by molar-refractivity contribution is 5.48. The van der Waals surface area contributed by atoms with Crippen molar-refractivity contribution < 1.29 is 0 Å². The van der Waals surface area contributed by atoms with Crippen LogP contribution in [0, 0.1) is 20.8 Å². The molecule has 0 saturated carbocycles. The van der Waals surface area contributed by atoms with E-state index in [4.69, 9.17) is 5.73 Å². The maximum absolute atomic E-state index is 5.57. The molecule has 3 heteroatoms. The summed E-state index contributed by atoms with van der Waals surface area (Å²) in [5.74, 6) is 1.02. The average Bonchev–Trinajstić information content (AvgIpc) is 2.60. The lowest BCUT2D eigenvalue weighted by molar-refractivity contribution is 0.928.